The van der Waals surface area contributed by atoms with Crippen molar-refractivity contribution >= 4 is 17.3 Å². The second kappa shape index (κ2) is 4.90. The molecule has 0 atom stereocenters. The number of carbonyl (C=O) groups is 1. The van der Waals surface area contributed by atoms with E-state index >= 15 is 0 Å². The van der Waals surface area contributed by atoms with Crippen molar-refractivity contribution in [3.05, 3.63) is 15.6 Å². The molecule has 2 heterocycles. The van der Waals surface area contributed by atoms with E-state index in [2.05, 4.69) is 9.88 Å². The second-order valence-corrected chi connectivity index (χ2v) is 4.99. The lowest BCUT2D eigenvalue weighted by atomic mass is 10.3. The van der Waals surface area contributed by atoms with Crippen LogP contribution in [0.25, 0.3) is 0 Å². The highest BCUT2D eigenvalue weighted by atomic mass is 32.1. The molecule has 0 aliphatic carbocycles. The Hall–Kier alpha value is -0.980. The number of carboxylic acids is 1. The molecule has 1 fully saturated rings. The van der Waals surface area contributed by atoms with Crippen LogP contribution in [0.1, 0.15) is 20.4 Å². The van der Waals surface area contributed by atoms with Gasteiger partial charge in [-0.2, -0.15) is 0 Å². The molecule has 0 spiro atoms. The fourth-order valence-electron chi connectivity index (χ4n) is 1.71. The van der Waals surface area contributed by atoms with E-state index < -0.39 is 5.97 Å². The van der Waals surface area contributed by atoms with E-state index in [4.69, 9.17) is 9.84 Å². The highest BCUT2D eigenvalue weighted by molar-refractivity contribution is 7.11. The zero-order valence-electron chi connectivity index (χ0n) is 9.10. The van der Waals surface area contributed by atoms with E-state index in [1.807, 2.05) is 6.92 Å². The third-order valence-corrected chi connectivity index (χ3v) is 3.43. The smallest absolute Gasteiger partial charge is 0.355 e. The summed E-state index contributed by atoms with van der Waals surface area (Å²) in [4.78, 5) is 18.1. The molecule has 1 aromatic rings. The standard InChI is InChI=1S/C10H14N2O3S/c1-7-11-9(10(13)14)8(16-7)6-12-2-4-15-5-3-12/h2-6H2,1H3,(H,13,14). The van der Waals surface area contributed by atoms with Crippen LogP contribution in [0.5, 0.6) is 0 Å². The summed E-state index contributed by atoms with van der Waals surface area (Å²) in [6.45, 7) is 5.66. The fraction of sp³-hybridized carbons (Fsp3) is 0.600. The third-order valence-electron chi connectivity index (χ3n) is 2.48. The molecule has 1 N–H and O–H groups in total. The molecule has 6 heteroatoms. The Kier molecular flexibility index (Phi) is 3.52. The van der Waals surface area contributed by atoms with Gasteiger partial charge in [-0.1, -0.05) is 0 Å². The molecule has 0 unspecified atom stereocenters. The number of thiazole rings is 1. The molecule has 88 valence electrons. The van der Waals surface area contributed by atoms with E-state index in [9.17, 15) is 4.79 Å². The van der Waals surface area contributed by atoms with Gasteiger partial charge >= 0.3 is 5.97 Å². The molecule has 1 aliphatic rings. The lowest BCUT2D eigenvalue weighted by Gasteiger charge is -2.25. The SMILES string of the molecule is Cc1nc(C(=O)O)c(CN2CCOCC2)s1. The zero-order valence-corrected chi connectivity index (χ0v) is 9.92. The maximum absolute atomic E-state index is 11.0. The van der Waals surface area contributed by atoms with Crippen molar-refractivity contribution in [2.75, 3.05) is 26.3 Å². The van der Waals surface area contributed by atoms with Crippen LogP contribution < -0.4 is 0 Å². The minimum atomic E-state index is -0.937. The zero-order chi connectivity index (χ0) is 11.5. The van der Waals surface area contributed by atoms with Crippen LogP contribution in [-0.2, 0) is 11.3 Å². The van der Waals surface area contributed by atoms with Crippen molar-refractivity contribution in [2.45, 2.75) is 13.5 Å². The molecular weight excluding hydrogens is 228 g/mol. The van der Waals surface area contributed by atoms with Crippen molar-refractivity contribution in [3.63, 3.8) is 0 Å². The lowest BCUT2D eigenvalue weighted by Crippen LogP contribution is -2.35. The molecule has 0 amide bonds. The summed E-state index contributed by atoms with van der Waals surface area (Å²) in [6.07, 6.45) is 0. The largest absolute Gasteiger partial charge is 0.476 e. The average Bonchev–Trinajstić information content (AvgIpc) is 2.61. The summed E-state index contributed by atoms with van der Waals surface area (Å²) >= 11 is 1.46. The van der Waals surface area contributed by atoms with Crippen molar-refractivity contribution in [1.29, 1.82) is 0 Å². The normalized spacial score (nSPS) is 17.6. The van der Waals surface area contributed by atoms with Crippen LogP contribution >= 0.6 is 11.3 Å². The molecule has 1 saturated heterocycles. The van der Waals surface area contributed by atoms with Crippen LogP contribution in [0.4, 0.5) is 0 Å². The first-order chi connectivity index (χ1) is 7.66. The molecule has 1 aromatic heterocycles. The summed E-state index contributed by atoms with van der Waals surface area (Å²) < 4.78 is 5.25. The summed E-state index contributed by atoms with van der Waals surface area (Å²) in [5.41, 5.74) is 0.203. The van der Waals surface area contributed by atoms with Crippen LogP contribution in [0.2, 0.25) is 0 Å². The van der Waals surface area contributed by atoms with Gasteiger partial charge in [0.1, 0.15) is 0 Å². The summed E-state index contributed by atoms with van der Waals surface area (Å²) in [5.74, 6) is -0.937. The maximum atomic E-state index is 11.0. The van der Waals surface area contributed by atoms with Crippen molar-refractivity contribution in [3.8, 4) is 0 Å². The van der Waals surface area contributed by atoms with Crippen molar-refractivity contribution in [1.82, 2.24) is 9.88 Å². The van der Waals surface area contributed by atoms with Crippen LogP contribution in [-0.4, -0.2) is 47.3 Å². The highest BCUT2D eigenvalue weighted by Crippen LogP contribution is 2.20. The summed E-state index contributed by atoms with van der Waals surface area (Å²) in [6, 6.07) is 0. The first kappa shape index (κ1) is 11.5. The number of carboxylic acid groups (broad SMARTS) is 1. The molecule has 2 rings (SSSR count). The van der Waals surface area contributed by atoms with E-state index in [0.29, 0.717) is 6.54 Å². The van der Waals surface area contributed by atoms with Gasteiger partial charge in [0.05, 0.1) is 23.1 Å². The first-order valence-electron chi connectivity index (χ1n) is 5.16. The molecule has 16 heavy (non-hydrogen) atoms. The Labute approximate surface area is 97.7 Å². The fourth-order valence-corrected chi connectivity index (χ4v) is 2.68. The molecule has 0 aromatic carbocycles. The van der Waals surface area contributed by atoms with Gasteiger partial charge in [-0.3, -0.25) is 4.90 Å². The van der Waals surface area contributed by atoms with E-state index in [-0.39, 0.29) is 5.69 Å². The van der Waals surface area contributed by atoms with E-state index in [0.717, 1.165) is 36.2 Å². The average molecular weight is 242 g/mol. The number of rotatable bonds is 3. The van der Waals surface area contributed by atoms with Gasteiger partial charge in [-0.25, -0.2) is 9.78 Å². The maximum Gasteiger partial charge on any atom is 0.355 e. The van der Waals surface area contributed by atoms with Gasteiger partial charge in [0.15, 0.2) is 5.69 Å². The second-order valence-electron chi connectivity index (χ2n) is 3.70. The number of aromatic nitrogens is 1. The minimum absolute atomic E-state index is 0.203. The number of hydrogen-bond acceptors (Lipinski definition) is 5. The lowest BCUT2D eigenvalue weighted by molar-refractivity contribution is 0.0343. The van der Waals surface area contributed by atoms with E-state index in [1.54, 1.807) is 0 Å². The molecule has 0 bridgehead atoms. The Balaban J connectivity index is 2.10. The number of nitrogens with zero attached hydrogens (tertiary/aromatic N) is 2. The number of ether oxygens (including phenoxy) is 1. The van der Waals surface area contributed by atoms with Crippen LogP contribution in [0.15, 0.2) is 0 Å². The number of hydrogen-bond donors (Lipinski definition) is 1. The Morgan fingerprint density at radius 2 is 2.25 bits per heavy atom. The Morgan fingerprint density at radius 1 is 1.56 bits per heavy atom. The monoisotopic (exact) mass is 242 g/mol. The molecular formula is C10H14N2O3S. The van der Waals surface area contributed by atoms with Crippen LogP contribution in [0, 0.1) is 6.92 Å². The van der Waals surface area contributed by atoms with E-state index in [1.165, 1.54) is 11.3 Å². The molecule has 1 aliphatic heterocycles. The predicted molar refractivity (Wildman–Crippen MR) is 59.9 cm³/mol. The minimum Gasteiger partial charge on any atom is -0.476 e. The van der Waals surface area contributed by atoms with Gasteiger partial charge in [0, 0.05) is 19.6 Å². The molecule has 5 nitrogen and oxygen atoms in total. The van der Waals surface area contributed by atoms with Crippen molar-refractivity contribution in [2.24, 2.45) is 0 Å². The summed E-state index contributed by atoms with van der Waals surface area (Å²) in [7, 11) is 0. The van der Waals surface area contributed by atoms with Gasteiger partial charge in [-0.05, 0) is 6.92 Å². The quantitative estimate of drug-likeness (QED) is 0.856. The first-order valence-corrected chi connectivity index (χ1v) is 5.98. The van der Waals surface area contributed by atoms with Gasteiger partial charge in [0.2, 0.25) is 0 Å². The number of morpholine rings is 1. The van der Waals surface area contributed by atoms with Gasteiger partial charge in [-0.15, -0.1) is 11.3 Å². The number of aromatic carboxylic acids is 1. The third kappa shape index (κ3) is 2.58. The molecule has 0 radical (unpaired) electrons. The van der Waals surface area contributed by atoms with Gasteiger partial charge in [0.25, 0.3) is 0 Å². The topological polar surface area (TPSA) is 62.7 Å². The Bertz CT molecular complexity index is 385. The highest BCUT2D eigenvalue weighted by Gasteiger charge is 2.19. The summed E-state index contributed by atoms with van der Waals surface area (Å²) in [5, 5.41) is 9.82. The predicted octanol–water partition coefficient (Wildman–Crippen LogP) is 0.982. The van der Waals surface area contributed by atoms with Crippen molar-refractivity contribution < 1.29 is 14.6 Å². The van der Waals surface area contributed by atoms with Crippen LogP contribution in [0.3, 0.4) is 0 Å². The Morgan fingerprint density at radius 3 is 2.88 bits per heavy atom. The van der Waals surface area contributed by atoms with Gasteiger partial charge < -0.3 is 9.84 Å². The molecule has 0 saturated carbocycles. The number of aryl methyl sites for hydroxylation is 1.